The molecule has 90 valence electrons. The zero-order chi connectivity index (χ0) is 12.3. The third-order valence-electron chi connectivity index (χ3n) is 2.45. The number of anilines is 1. The summed E-state index contributed by atoms with van der Waals surface area (Å²) in [6.45, 7) is 4.24. The Morgan fingerprint density at radius 2 is 2.18 bits per heavy atom. The lowest BCUT2D eigenvalue weighted by Crippen LogP contribution is -2.16. The molecule has 17 heavy (non-hydrogen) atoms. The Hall–Kier alpha value is -1.49. The minimum atomic E-state index is -0.517. The van der Waals surface area contributed by atoms with Crippen LogP contribution in [0.4, 0.5) is 10.2 Å². The van der Waals surface area contributed by atoms with Crippen LogP contribution in [0.25, 0.3) is 0 Å². The summed E-state index contributed by atoms with van der Waals surface area (Å²) in [5.74, 6) is 0.396. The Morgan fingerprint density at radius 3 is 2.76 bits per heavy atom. The largest absolute Gasteiger partial charge is 0.362 e. The molecule has 5 heteroatoms. The molecule has 0 aliphatic carbocycles. The monoisotopic (exact) mass is 251 g/mol. The summed E-state index contributed by atoms with van der Waals surface area (Å²) in [5.41, 5.74) is 0. The van der Waals surface area contributed by atoms with E-state index >= 15 is 0 Å². The van der Waals surface area contributed by atoms with Crippen LogP contribution in [0.5, 0.6) is 0 Å². The van der Waals surface area contributed by atoms with Gasteiger partial charge < -0.3 is 5.32 Å². The number of thiophene rings is 1. The Balaban J connectivity index is 2.19. The lowest BCUT2D eigenvalue weighted by molar-refractivity contribution is 0.547. The third kappa shape index (κ3) is 3.00. The average molecular weight is 251 g/mol. The highest BCUT2D eigenvalue weighted by Gasteiger charge is 2.17. The van der Waals surface area contributed by atoms with Gasteiger partial charge in [-0.25, -0.2) is 9.97 Å². The van der Waals surface area contributed by atoms with E-state index in [0.717, 1.165) is 0 Å². The number of aromatic nitrogens is 2. The topological polar surface area (TPSA) is 37.8 Å². The molecule has 0 saturated carbocycles. The fourth-order valence-corrected chi connectivity index (χ4v) is 2.56. The van der Waals surface area contributed by atoms with Gasteiger partial charge in [-0.15, -0.1) is 11.3 Å². The Kier molecular flexibility index (Phi) is 3.68. The van der Waals surface area contributed by atoms with E-state index in [4.69, 9.17) is 0 Å². The summed E-state index contributed by atoms with van der Waals surface area (Å²) in [6.07, 6.45) is 1.23. The molecule has 2 heterocycles. The summed E-state index contributed by atoms with van der Waals surface area (Å²) in [6, 6.07) is 5.53. The van der Waals surface area contributed by atoms with Crippen molar-refractivity contribution < 1.29 is 4.39 Å². The molecule has 0 aliphatic rings. The van der Waals surface area contributed by atoms with E-state index in [1.165, 1.54) is 17.3 Å². The molecule has 3 nitrogen and oxygen atoms in total. The van der Waals surface area contributed by atoms with E-state index in [1.807, 2.05) is 11.4 Å². The maximum absolute atomic E-state index is 13.0. The summed E-state index contributed by atoms with van der Waals surface area (Å²) >= 11 is 1.68. The van der Waals surface area contributed by atoms with Crippen molar-refractivity contribution in [2.24, 2.45) is 5.92 Å². The van der Waals surface area contributed by atoms with Crippen LogP contribution < -0.4 is 5.32 Å². The van der Waals surface area contributed by atoms with Gasteiger partial charge in [-0.2, -0.15) is 4.39 Å². The fraction of sp³-hybridized carbons (Fsp3) is 0.333. The maximum atomic E-state index is 13.0. The Labute approximate surface area is 104 Å². The highest BCUT2D eigenvalue weighted by Crippen LogP contribution is 2.28. The first-order valence-electron chi connectivity index (χ1n) is 5.44. The summed E-state index contributed by atoms with van der Waals surface area (Å²) in [7, 11) is 0. The quantitative estimate of drug-likeness (QED) is 0.845. The van der Waals surface area contributed by atoms with Gasteiger partial charge >= 0.3 is 0 Å². The normalized spacial score (nSPS) is 12.7. The number of rotatable bonds is 4. The van der Waals surface area contributed by atoms with E-state index in [1.54, 1.807) is 11.3 Å². The van der Waals surface area contributed by atoms with Gasteiger partial charge in [-0.3, -0.25) is 0 Å². The lowest BCUT2D eigenvalue weighted by atomic mass is 10.0. The molecule has 0 aromatic carbocycles. The minimum absolute atomic E-state index is 0.143. The number of hydrogen-bond acceptors (Lipinski definition) is 4. The molecule has 0 aliphatic heterocycles. The predicted molar refractivity (Wildman–Crippen MR) is 67.5 cm³/mol. The summed E-state index contributed by atoms with van der Waals surface area (Å²) in [4.78, 5) is 8.67. The lowest BCUT2D eigenvalue weighted by Gasteiger charge is -2.21. The van der Waals surface area contributed by atoms with Gasteiger partial charge in [-0.1, -0.05) is 19.9 Å². The summed E-state index contributed by atoms with van der Waals surface area (Å²) < 4.78 is 13.0. The van der Waals surface area contributed by atoms with E-state index in [9.17, 15) is 4.39 Å². The second-order valence-electron chi connectivity index (χ2n) is 4.11. The van der Waals surface area contributed by atoms with E-state index in [-0.39, 0.29) is 6.04 Å². The molecule has 0 radical (unpaired) electrons. The molecule has 0 saturated heterocycles. The first-order chi connectivity index (χ1) is 8.16. The van der Waals surface area contributed by atoms with Gasteiger partial charge in [0.2, 0.25) is 5.95 Å². The molecule has 0 bridgehead atoms. The van der Waals surface area contributed by atoms with Gasteiger partial charge in [0.25, 0.3) is 0 Å². The first kappa shape index (κ1) is 12.0. The van der Waals surface area contributed by atoms with E-state index < -0.39 is 5.95 Å². The van der Waals surface area contributed by atoms with Crippen molar-refractivity contribution in [2.75, 3.05) is 5.32 Å². The second-order valence-corrected chi connectivity index (χ2v) is 5.09. The van der Waals surface area contributed by atoms with Crippen molar-refractivity contribution in [3.05, 3.63) is 40.7 Å². The zero-order valence-electron chi connectivity index (χ0n) is 9.72. The fourth-order valence-electron chi connectivity index (χ4n) is 1.61. The van der Waals surface area contributed by atoms with Crippen LogP contribution >= 0.6 is 11.3 Å². The van der Waals surface area contributed by atoms with Crippen LogP contribution in [0, 0.1) is 11.9 Å². The minimum Gasteiger partial charge on any atom is -0.362 e. The van der Waals surface area contributed by atoms with Crippen molar-refractivity contribution in [3.63, 3.8) is 0 Å². The first-order valence-corrected chi connectivity index (χ1v) is 6.32. The number of nitrogens with one attached hydrogen (secondary N) is 1. The van der Waals surface area contributed by atoms with Crippen LogP contribution in [0.1, 0.15) is 24.8 Å². The van der Waals surface area contributed by atoms with Crippen molar-refractivity contribution in [1.29, 1.82) is 0 Å². The highest BCUT2D eigenvalue weighted by molar-refractivity contribution is 7.10. The van der Waals surface area contributed by atoms with Gasteiger partial charge in [0.15, 0.2) is 0 Å². The second kappa shape index (κ2) is 5.23. The molecule has 2 aromatic rings. The molecular weight excluding hydrogens is 237 g/mol. The van der Waals surface area contributed by atoms with Crippen molar-refractivity contribution >= 4 is 17.2 Å². The van der Waals surface area contributed by atoms with Crippen molar-refractivity contribution in [1.82, 2.24) is 9.97 Å². The average Bonchev–Trinajstić information content (AvgIpc) is 2.78. The van der Waals surface area contributed by atoms with E-state index in [0.29, 0.717) is 11.7 Å². The third-order valence-corrected chi connectivity index (χ3v) is 3.41. The van der Waals surface area contributed by atoms with E-state index in [2.05, 4.69) is 35.2 Å². The van der Waals surface area contributed by atoms with Crippen molar-refractivity contribution in [3.8, 4) is 0 Å². The molecule has 0 amide bonds. The molecular formula is C12H14FN3S. The molecule has 1 N–H and O–H groups in total. The molecule has 0 fully saturated rings. The molecule has 1 unspecified atom stereocenters. The predicted octanol–water partition coefficient (Wildman–Crippen LogP) is 3.49. The van der Waals surface area contributed by atoms with Crippen LogP contribution in [0.15, 0.2) is 29.9 Å². The smallest absolute Gasteiger partial charge is 0.217 e. The molecule has 0 spiro atoms. The Bertz CT molecular complexity index is 470. The number of nitrogens with zero attached hydrogens (tertiary/aromatic N) is 2. The van der Waals surface area contributed by atoms with Gasteiger partial charge in [-0.05, 0) is 17.4 Å². The molecule has 2 aromatic heterocycles. The maximum Gasteiger partial charge on any atom is 0.217 e. The number of halogens is 1. The molecule has 2 rings (SSSR count). The highest BCUT2D eigenvalue weighted by atomic mass is 32.1. The van der Waals surface area contributed by atoms with Gasteiger partial charge in [0.05, 0.1) is 6.04 Å². The van der Waals surface area contributed by atoms with Crippen LogP contribution in [0.2, 0.25) is 0 Å². The molecule has 1 atom stereocenters. The van der Waals surface area contributed by atoms with Crippen LogP contribution in [0.3, 0.4) is 0 Å². The SMILES string of the molecule is CC(C)C(Nc1cc(F)ncn1)c1cccs1. The standard InChI is InChI=1S/C12H14FN3S/c1-8(2)12(9-4-3-5-17-9)16-11-6-10(13)14-7-15-11/h3-8,12H,1-2H3,(H,14,15,16). The van der Waals surface area contributed by atoms with Crippen LogP contribution in [-0.4, -0.2) is 9.97 Å². The van der Waals surface area contributed by atoms with Crippen LogP contribution in [-0.2, 0) is 0 Å². The Morgan fingerprint density at radius 1 is 1.35 bits per heavy atom. The van der Waals surface area contributed by atoms with Gasteiger partial charge in [0, 0.05) is 10.9 Å². The summed E-state index contributed by atoms with van der Waals surface area (Å²) in [5, 5.41) is 5.28. The zero-order valence-corrected chi connectivity index (χ0v) is 10.5. The number of hydrogen-bond donors (Lipinski definition) is 1. The van der Waals surface area contributed by atoms with Crippen molar-refractivity contribution in [2.45, 2.75) is 19.9 Å². The van der Waals surface area contributed by atoms with Gasteiger partial charge in [0.1, 0.15) is 12.1 Å².